The Morgan fingerprint density at radius 1 is 1.04 bits per heavy atom. The number of ether oxygens (including phenoxy) is 1. The highest BCUT2D eigenvalue weighted by Crippen LogP contribution is 2.26. The van der Waals surface area contributed by atoms with E-state index in [9.17, 15) is 20.2 Å². The Balaban J connectivity index is 2.43. The van der Waals surface area contributed by atoms with E-state index in [0.29, 0.717) is 25.2 Å². The quantitative estimate of drug-likeness (QED) is 0.384. The fourth-order valence-electron chi connectivity index (χ4n) is 2.05. The number of non-ortho nitro benzene ring substituents is 1. The predicted octanol–water partition coefficient (Wildman–Crippen LogP) is 4.28. The van der Waals surface area contributed by atoms with Gasteiger partial charge in [0.1, 0.15) is 0 Å². The molecule has 0 radical (unpaired) electrons. The van der Waals surface area contributed by atoms with Gasteiger partial charge >= 0.3 is 0 Å². The van der Waals surface area contributed by atoms with Crippen molar-refractivity contribution in [1.29, 1.82) is 0 Å². The minimum absolute atomic E-state index is 0.187. The number of hydrogen-bond acceptors (Lipinski definition) is 5. The van der Waals surface area contributed by atoms with E-state index in [1.54, 1.807) is 0 Å². The Hall–Kier alpha value is -2.02. The summed E-state index contributed by atoms with van der Waals surface area (Å²) in [6, 6.07) is 3.80. The normalized spacial score (nSPS) is 11.4. The second kappa shape index (κ2) is 8.57. The summed E-state index contributed by atoms with van der Waals surface area (Å²) in [5.41, 5.74) is 0.327. The molecule has 23 heavy (non-hydrogen) atoms. The van der Waals surface area contributed by atoms with Crippen LogP contribution in [0.3, 0.4) is 0 Å². The van der Waals surface area contributed by atoms with E-state index in [0.717, 1.165) is 25.3 Å². The van der Waals surface area contributed by atoms with Crippen LogP contribution in [-0.4, -0.2) is 23.1 Å². The molecule has 7 nitrogen and oxygen atoms in total. The zero-order valence-electron chi connectivity index (χ0n) is 13.9. The fourth-order valence-corrected chi connectivity index (χ4v) is 2.05. The van der Waals surface area contributed by atoms with Gasteiger partial charge in [-0.15, -0.1) is 0 Å². The van der Waals surface area contributed by atoms with E-state index in [-0.39, 0.29) is 16.8 Å². The largest absolute Gasteiger partial charge is 0.381 e. The zero-order valence-corrected chi connectivity index (χ0v) is 13.9. The molecule has 0 aliphatic rings. The first-order valence-corrected chi connectivity index (χ1v) is 7.70. The molecule has 0 fully saturated rings. The van der Waals surface area contributed by atoms with Gasteiger partial charge < -0.3 is 4.74 Å². The van der Waals surface area contributed by atoms with Crippen molar-refractivity contribution in [2.45, 2.75) is 46.5 Å². The van der Waals surface area contributed by atoms with Gasteiger partial charge in [0.25, 0.3) is 11.4 Å². The third-order valence-electron chi connectivity index (χ3n) is 3.46. The van der Waals surface area contributed by atoms with Crippen LogP contribution in [0.1, 0.15) is 45.6 Å². The molecule has 0 N–H and O–H groups in total. The molecule has 0 bridgehead atoms. The molecule has 0 saturated carbocycles. The molecule has 0 heterocycles. The summed E-state index contributed by atoms with van der Waals surface area (Å²) >= 11 is 0. The molecule has 1 aromatic rings. The molecule has 128 valence electrons. The number of nitrogens with zero attached hydrogens (tertiary/aromatic N) is 2. The maximum Gasteiger partial charge on any atom is 0.279 e. The highest BCUT2D eigenvalue weighted by Gasteiger charge is 2.18. The van der Waals surface area contributed by atoms with E-state index >= 15 is 0 Å². The van der Waals surface area contributed by atoms with E-state index in [4.69, 9.17) is 4.74 Å². The molecular formula is C16H24N2O5. The molecule has 1 rings (SSSR count). The Morgan fingerprint density at radius 3 is 2.30 bits per heavy atom. The topological polar surface area (TPSA) is 95.5 Å². The predicted molar refractivity (Wildman–Crippen MR) is 87.6 cm³/mol. The molecule has 0 atom stereocenters. The van der Waals surface area contributed by atoms with E-state index in [2.05, 4.69) is 20.8 Å². The van der Waals surface area contributed by atoms with Crippen molar-refractivity contribution in [3.8, 4) is 0 Å². The standard InChI is InChI=1S/C16H24N2O5/c1-16(2,3)9-11-23-10-5-4-6-13-7-8-14(17(19)20)12-15(13)18(21)22/h7-8,12H,4-6,9-11H2,1-3H3. The van der Waals surface area contributed by atoms with Crippen LogP contribution in [0.25, 0.3) is 0 Å². The number of aryl methyl sites for hydroxylation is 1. The Morgan fingerprint density at radius 2 is 1.74 bits per heavy atom. The van der Waals surface area contributed by atoms with Crippen molar-refractivity contribution >= 4 is 11.4 Å². The monoisotopic (exact) mass is 324 g/mol. The minimum Gasteiger partial charge on any atom is -0.381 e. The number of benzene rings is 1. The van der Waals surface area contributed by atoms with E-state index in [1.165, 1.54) is 12.1 Å². The third kappa shape index (κ3) is 7.19. The highest BCUT2D eigenvalue weighted by atomic mass is 16.6. The molecule has 0 aromatic heterocycles. The van der Waals surface area contributed by atoms with Crippen molar-refractivity contribution in [1.82, 2.24) is 0 Å². The van der Waals surface area contributed by atoms with E-state index in [1.807, 2.05) is 0 Å². The number of nitro benzene ring substituents is 2. The average molecular weight is 324 g/mol. The molecular weight excluding hydrogens is 300 g/mol. The number of rotatable bonds is 9. The zero-order chi connectivity index (χ0) is 17.5. The van der Waals surface area contributed by atoms with Crippen molar-refractivity contribution in [2.24, 2.45) is 5.41 Å². The van der Waals surface area contributed by atoms with Crippen LogP contribution in [0.4, 0.5) is 11.4 Å². The van der Waals surface area contributed by atoms with Crippen LogP contribution in [0, 0.1) is 25.6 Å². The van der Waals surface area contributed by atoms with Crippen LogP contribution < -0.4 is 0 Å². The molecule has 0 aliphatic carbocycles. The molecule has 7 heteroatoms. The minimum atomic E-state index is -0.625. The smallest absolute Gasteiger partial charge is 0.279 e. The van der Waals surface area contributed by atoms with Crippen LogP contribution in [0.15, 0.2) is 18.2 Å². The van der Waals surface area contributed by atoms with Crippen molar-refractivity contribution < 1.29 is 14.6 Å². The van der Waals surface area contributed by atoms with Crippen LogP contribution in [-0.2, 0) is 11.2 Å². The van der Waals surface area contributed by atoms with Gasteiger partial charge in [-0.25, -0.2) is 0 Å². The van der Waals surface area contributed by atoms with Gasteiger partial charge in [0.05, 0.1) is 15.9 Å². The van der Waals surface area contributed by atoms with Crippen LogP contribution in [0.5, 0.6) is 0 Å². The van der Waals surface area contributed by atoms with Gasteiger partial charge in [-0.3, -0.25) is 20.2 Å². The summed E-state index contributed by atoms with van der Waals surface area (Å²) < 4.78 is 5.55. The van der Waals surface area contributed by atoms with Crippen molar-refractivity contribution in [3.63, 3.8) is 0 Å². The SMILES string of the molecule is CC(C)(C)CCOCCCCc1ccc([N+](=O)[O-])cc1[N+](=O)[O-]. The van der Waals surface area contributed by atoms with Gasteiger partial charge in [0.2, 0.25) is 0 Å². The van der Waals surface area contributed by atoms with Gasteiger partial charge in [0.15, 0.2) is 0 Å². The van der Waals surface area contributed by atoms with Gasteiger partial charge in [-0.1, -0.05) is 20.8 Å². The van der Waals surface area contributed by atoms with Gasteiger partial charge in [-0.2, -0.15) is 0 Å². The Labute approximate surface area is 136 Å². The number of hydrogen-bond donors (Lipinski definition) is 0. The lowest BCUT2D eigenvalue weighted by atomic mass is 9.93. The molecule has 0 unspecified atom stereocenters. The van der Waals surface area contributed by atoms with E-state index < -0.39 is 9.85 Å². The first kappa shape index (κ1) is 19.0. The summed E-state index contributed by atoms with van der Waals surface area (Å²) in [4.78, 5) is 20.5. The maximum atomic E-state index is 11.0. The molecule has 1 aromatic carbocycles. The summed E-state index contributed by atoms with van der Waals surface area (Å²) in [6.07, 6.45) is 3.05. The maximum absolute atomic E-state index is 11.0. The van der Waals surface area contributed by atoms with Crippen LogP contribution in [0.2, 0.25) is 0 Å². The van der Waals surface area contributed by atoms with Gasteiger partial charge in [0, 0.05) is 24.8 Å². The fraction of sp³-hybridized carbons (Fsp3) is 0.625. The van der Waals surface area contributed by atoms with Crippen molar-refractivity contribution in [2.75, 3.05) is 13.2 Å². The summed E-state index contributed by atoms with van der Waals surface area (Å²) in [6.45, 7) is 7.80. The number of nitro groups is 2. The second-order valence-electron chi connectivity index (χ2n) is 6.71. The Bertz CT molecular complexity index is 552. The van der Waals surface area contributed by atoms with Gasteiger partial charge in [-0.05, 0) is 37.2 Å². The Kier molecular flexibility index (Phi) is 7.09. The summed E-state index contributed by atoms with van der Waals surface area (Å²) in [7, 11) is 0. The first-order valence-electron chi connectivity index (χ1n) is 7.70. The number of unbranched alkanes of at least 4 members (excludes halogenated alkanes) is 1. The lowest BCUT2D eigenvalue weighted by molar-refractivity contribution is -0.394. The summed E-state index contributed by atoms with van der Waals surface area (Å²) in [5.74, 6) is 0. The molecule has 0 spiro atoms. The highest BCUT2D eigenvalue weighted by molar-refractivity contribution is 5.49. The second-order valence-corrected chi connectivity index (χ2v) is 6.71. The third-order valence-corrected chi connectivity index (χ3v) is 3.46. The van der Waals surface area contributed by atoms with Crippen LogP contribution >= 0.6 is 0 Å². The average Bonchev–Trinajstić information content (AvgIpc) is 2.44. The lowest BCUT2D eigenvalue weighted by Crippen LogP contribution is -2.10. The summed E-state index contributed by atoms with van der Waals surface area (Å²) in [5, 5.41) is 21.7. The first-order chi connectivity index (χ1) is 10.7. The lowest BCUT2D eigenvalue weighted by Gasteiger charge is -2.17. The van der Waals surface area contributed by atoms with Crippen molar-refractivity contribution in [3.05, 3.63) is 44.0 Å². The molecule has 0 aliphatic heterocycles. The molecule has 0 amide bonds. The molecule has 0 saturated heterocycles.